The van der Waals surface area contributed by atoms with Gasteiger partial charge >= 0.3 is 13.2 Å². The lowest BCUT2D eigenvalue weighted by atomic mass is 9.75. The highest BCUT2D eigenvalue weighted by Gasteiger charge is 2.54. The Morgan fingerprint density at radius 1 is 1.13 bits per heavy atom. The molecular formula is C21H32BClN2O6. The summed E-state index contributed by atoms with van der Waals surface area (Å²) >= 11 is 5.95. The highest BCUT2D eigenvalue weighted by Crippen LogP contribution is 2.38. The van der Waals surface area contributed by atoms with Gasteiger partial charge in [0.15, 0.2) is 0 Å². The molecule has 1 aromatic carbocycles. The number of halogens is 1. The number of methoxy groups -OCH3 is 1. The van der Waals surface area contributed by atoms with Crippen LogP contribution in [0.2, 0.25) is 5.02 Å². The van der Waals surface area contributed by atoms with Crippen LogP contribution in [0.5, 0.6) is 0 Å². The van der Waals surface area contributed by atoms with E-state index in [0.717, 1.165) is 18.4 Å². The molecule has 2 rings (SSSR count). The molecule has 0 spiro atoms. The smallest absolute Gasteiger partial charge is 0.465 e. The number of amides is 2. The van der Waals surface area contributed by atoms with Crippen molar-refractivity contribution in [2.75, 3.05) is 13.7 Å². The van der Waals surface area contributed by atoms with Crippen molar-refractivity contribution in [3.05, 3.63) is 34.9 Å². The Morgan fingerprint density at radius 3 is 2.23 bits per heavy atom. The Bertz CT molecular complexity index is 743. The lowest BCUT2D eigenvalue weighted by Crippen LogP contribution is -2.55. The third kappa shape index (κ3) is 7.10. The summed E-state index contributed by atoms with van der Waals surface area (Å²) in [6.07, 6.45) is 0.834. The molecule has 0 aromatic heterocycles. The molecule has 0 aliphatic carbocycles. The van der Waals surface area contributed by atoms with Crippen LogP contribution in [-0.4, -0.2) is 61.1 Å². The molecule has 1 aliphatic heterocycles. The highest BCUT2D eigenvalue weighted by atomic mass is 35.5. The summed E-state index contributed by atoms with van der Waals surface area (Å²) in [6, 6.07) is 6.59. The van der Waals surface area contributed by atoms with E-state index in [1.165, 1.54) is 7.11 Å². The Labute approximate surface area is 189 Å². The maximum Gasteiger partial charge on any atom is 0.481 e. The van der Waals surface area contributed by atoms with E-state index < -0.39 is 42.3 Å². The number of carbonyl (C=O) groups is 2. The topological polar surface area (TPSA) is 106 Å². The van der Waals surface area contributed by atoms with Gasteiger partial charge in [-0.2, -0.15) is 0 Å². The average molecular weight is 455 g/mol. The van der Waals surface area contributed by atoms with E-state index in [0.29, 0.717) is 11.4 Å². The molecule has 2 atom stereocenters. The third-order valence-corrected chi connectivity index (χ3v) is 6.02. The summed E-state index contributed by atoms with van der Waals surface area (Å²) in [4.78, 5) is 23.8. The molecule has 0 saturated carbocycles. The molecule has 0 radical (unpaired) electrons. The number of hydrogen-bond acceptors (Lipinski definition) is 5. The van der Waals surface area contributed by atoms with Gasteiger partial charge in [-0.25, -0.2) is 4.79 Å². The molecule has 31 heavy (non-hydrogen) atoms. The minimum absolute atomic E-state index is 0.0843. The second-order valence-electron chi connectivity index (χ2n) is 8.72. The molecular weight excluding hydrogens is 423 g/mol. The highest BCUT2D eigenvalue weighted by molar-refractivity contribution is 6.48. The van der Waals surface area contributed by atoms with E-state index in [1.54, 1.807) is 0 Å². The Morgan fingerprint density at radius 2 is 1.71 bits per heavy atom. The molecule has 2 amide bonds. The molecule has 1 saturated heterocycles. The number of benzene rings is 1. The molecule has 1 heterocycles. The van der Waals surface area contributed by atoms with E-state index in [4.69, 9.17) is 30.8 Å². The van der Waals surface area contributed by atoms with E-state index in [2.05, 4.69) is 10.6 Å². The van der Waals surface area contributed by atoms with Crippen LogP contribution in [0.15, 0.2) is 24.3 Å². The van der Waals surface area contributed by atoms with Crippen molar-refractivity contribution in [2.45, 2.75) is 70.1 Å². The fraction of sp³-hybridized carbons (Fsp3) is 0.619. The van der Waals surface area contributed by atoms with E-state index >= 15 is 0 Å². The van der Waals surface area contributed by atoms with Crippen molar-refractivity contribution in [3.8, 4) is 0 Å². The van der Waals surface area contributed by atoms with Gasteiger partial charge in [0, 0.05) is 12.1 Å². The summed E-state index contributed by atoms with van der Waals surface area (Å²) in [6.45, 7) is 7.69. The van der Waals surface area contributed by atoms with E-state index in [-0.39, 0.29) is 6.61 Å². The zero-order valence-corrected chi connectivity index (χ0v) is 19.5. The van der Waals surface area contributed by atoms with Crippen LogP contribution < -0.4 is 10.6 Å². The van der Waals surface area contributed by atoms with Gasteiger partial charge in [-0.05, 0) is 64.7 Å². The van der Waals surface area contributed by atoms with Crippen molar-refractivity contribution in [3.63, 3.8) is 0 Å². The van der Waals surface area contributed by atoms with Crippen LogP contribution in [0.3, 0.4) is 0 Å². The van der Waals surface area contributed by atoms with Crippen molar-refractivity contribution >= 4 is 30.7 Å². The number of hydrogen-bond donors (Lipinski definition) is 3. The van der Waals surface area contributed by atoms with E-state index in [1.807, 2.05) is 52.0 Å². The maximum atomic E-state index is 12.8. The molecule has 0 unspecified atom stereocenters. The van der Waals surface area contributed by atoms with Crippen LogP contribution in [0.1, 0.15) is 46.1 Å². The Balaban J connectivity index is 2.10. The first-order valence-electron chi connectivity index (χ1n) is 10.3. The quantitative estimate of drug-likeness (QED) is 0.469. The van der Waals surface area contributed by atoms with Crippen molar-refractivity contribution < 1.29 is 28.7 Å². The fourth-order valence-corrected chi connectivity index (χ4v) is 3.41. The molecule has 1 aliphatic rings. The first kappa shape index (κ1) is 25.5. The van der Waals surface area contributed by atoms with Crippen LogP contribution in [0.4, 0.5) is 4.79 Å². The molecule has 3 N–H and O–H groups in total. The van der Waals surface area contributed by atoms with Gasteiger partial charge in [-0.1, -0.05) is 23.7 Å². The second-order valence-corrected chi connectivity index (χ2v) is 9.15. The van der Waals surface area contributed by atoms with Gasteiger partial charge in [-0.15, -0.1) is 0 Å². The van der Waals surface area contributed by atoms with Gasteiger partial charge in [0.1, 0.15) is 6.04 Å². The predicted octanol–water partition coefficient (Wildman–Crippen LogP) is 3.06. The number of carboxylic acid groups (broad SMARTS) is 1. The number of rotatable bonds is 10. The maximum absolute atomic E-state index is 12.8. The average Bonchev–Trinajstić information content (AvgIpc) is 2.89. The largest absolute Gasteiger partial charge is 0.481 e. The molecule has 1 aromatic rings. The molecule has 172 valence electrons. The van der Waals surface area contributed by atoms with Crippen molar-refractivity contribution in [1.82, 2.24) is 10.6 Å². The lowest BCUT2D eigenvalue weighted by Gasteiger charge is -2.32. The summed E-state index contributed by atoms with van der Waals surface area (Å²) in [7, 11) is 0.744. The van der Waals surface area contributed by atoms with Gasteiger partial charge < -0.3 is 29.8 Å². The summed E-state index contributed by atoms with van der Waals surface area (Å²) in [5.41, 5.74) is 0.0256. The first-order valence-corrected chi connectivity index (χ1v) is 10.7. The monoisotopic (exact) mass is 454 g/mol. The second kappa shape index (κ2) is 10.7. The number of nitrogens with one attached hydrogen (secondary N) is 2. The molecule has 8 nitrogen and oxygen atoms in total. The van der Waals surface area contributed by atoms with Crippen molar-refractivity contribution in [2.24, 2.45) is 0 Å². The van der Waals surface area contributed by atoms with Gasteiger partial charge in [0.25, 0.3) is 0 Å². The number of ether oxygens (including phenoxy) is 1. The van der Waals surface area contributed by atoms with Crippen LogP contribution in [0, 0.1) is 0 Å². The standard InChI is InChI=1S/C21H32BClN2O6/c1-20(2)21(3,4)31-22(30-20)17(8-6-7-14-9-11-15(23)12-10-14)25-18(26)16(13-29-5)24-19(27)28/h9-12,16-17,24H,6-8,13H2,1-5H3,(H,25,26)(H,27,28)/t16-,17+/m1/s1. The lowest BCUT2D eigenvalue weighted by molar-refractivity contribution is -0.124. The minimum Gasteiger partial charge on any atom is -0.465 e. The number of carbonyl (C=O) groups excluding carboxylic acids is 1. The number of aryl methyl sites for hydroxylation is 1. The zero-order chi connectivity index (χ0) is 23.2. The minimum atomic E-state index is -1.30. The summed E-state index contributed by atoms with van der Waals surface area (Å²) in [5, 5.41) is 14.8. The van der Waals surface area contributed by atoms with Crippen LogP contribution in [0.25, 0.3) is 0 Å². The summed E-state index contributed by atoms with van der Waals surface area (Å²) < 4.78 is 17.3. The normalized spacial score (nSPS) is 19.0. The first-order chi connectivity index (χ1) is 14.4. The van der Waals surface area contributed by atoms with Gasteiger partial charge in [-0.3, -0.25) is 4.79 Å². The molecule has 1 fully saturated rings. The van der Waals surface area contributed by atoms with E-state index in [9.17, 15) is 9.59 Å². The van der Waals surface area contributed by atoms with Crippen LogP contribution in [-0.2, 0) is 25.3 Å². The van der Waals surface area contributed by atoms with Gasteiger partial charge in [0.05, 0.1) is 23.8 Å². The predicted molar refractivity (Wildman–Crippen MR) is 119 cm³/mol. The zero-order valence-electron chi connectivity index (χ0n) is 18.7. The Kier molecular flexibility index (Phi) is 8.77. The third-order valence-electron chi connectivity index (χ3n) is 5.77. The van der Waals surface area contributed by atoms with Crippen LogP contribution >= 0.6 is 11.6 Å². The Hall–Kier alpha value is -1.81. The SMILES string of the molecule is COC[C@@H](NC(=O)O)C(=O)N[C@@H](CCCc1ccc(Cl)cc1)B1OC(C)(C)C(C)(C)O1. The van der Waals surface area contributed by atoms with Crippen molar-refractivity contribution in [1.29, 1.82) is 0 Å². The van der Waals surface area contributed by atoms with Gasteiger partial charge in [0.2, 0.25) is 5.91 Å². The molecule has 10 heteroatoms. The molecule has 0 bridgehead atoms. The summed E-state index contributed by atoms with van der Waals surface area (Å²) in [5.74, 6) is -0.953. The fourth-order valence-electron chi connectivity index (χ4n) is 3.29.